The molecular formula is C12H10BrNO2S2. The Hall–Kier alpha value is -0.980. The average Bonchev–Trinajstić information content (AvgIpc) is 2.94. The van der Waals surface area contributed by atoms with Gasteiger partial charge in [-0.05, 0) is 41.1 Å². The highest BCUT2D eigenvalue weighted by Crippen LogP contribution is 2.28. The first-order valence-corrected chi connectivity index (χ1v) is 7.57. The quantitative estimate of drug-likeness (QED) is 0.624. The third kappa shape index (κ3) is 3.07. The molecule has 0 bridgehead atoms. The van der Waals surface area contributed by atoms with Crippen LogP contribution in [-0.4, -0.2) is 18.1 Å². The Morgan fingerprint density at radius 1 is 1.50 bits per heavy atom. The van der Waals surface area contributed by atoms with Crippen molar-refractivity contribution in [1.82, 2.24) is 4.98 Å². The highest BCUT2D eigenvalue weighted by molar-refractivity contribution is 9.11. The number of esters is 1. The number of ether oxygens (including phenoxy) is 1. The highest BCUT2D eigenvalue weighted by atomic mass is 79.9. The molecule has 0 unspecified atom stereocenters. The molecule has 2 aromatic rings. The Morgan fingerprint density at radius 3 is 2.78 bits per heavy atom. The molecule has 18 heavy (non-hydrogen) atoms. The van der Waals surface area contributed by atoms with Gasteiger partial charge < -0.3 is 4.74 Å². The molecule has 0 fully saturated rings. The van der Waals surface area contributed by atoms with Crippen LogP contribution in [0.2, 0.25) is 0 Å². The van der Waals surface area contributed by atoms with Crippen LogP contribution in [-0.2, 0) is 9.53 Å². The van der Waals surface area contributed by atoms with E-state index >= 15 is 0 Å². The van der Waals surface area contributed by atoms with Gasteiger partial charge in [0, 0.05) is 16.0 Å². The van der Waals surface area contributed by atoms with Gasteiger partial charge >= 0.3 is 5.97 Å². The summed E-state index contributed by atoms with van der Waals surface area (Å²) in [5.74, 6) is -0.367. The molecule has 0 saturated heterocycles. The summed E-state index contributed by atoms with van der Waals surface area (Å²) in [5, 5.41) is 2.60. The summed E-state index contributed by atoms with van der Waals surface area (Å²) < 4.78 is 5.83. The van der Waals surface area contributed by atoms with Crippen molar-refractivity contribution < 1.29 is 9.53 Å². The molecule has 0 atom stereocenters. The van der Waals surface area contributed by atoms with Crippen molar-refractivity contribution in [3.05, 3.63) is 36.9 Å². The smallest absolute Gasteiger partial charge is 0.340 e. The molecule has 0 aliphatic heterocycles. The van der Waals surface area contributed by atoms with Gasteiger partial charge in [-0.3, -0.25) is 0 Å². The van der Waals surface area contributed by atoms with Crippen LogP contribution in [0.1, 0.15) is 15.6 Å². The molecule has 2 rings (SSSR count). The molecule has 0 amide bonds. The van der Waals surface area contributed by atoms with Gasteiger partial charge in [-0.1, -0.05) is 0 Å². The van der Waals surface area contributed by atoms with Crippen LogP contribution >= 0.6 is 38.6 Å². The number of halogens is 1. The molecule has 0 aliphatic rings. The Morgan fingerprint density at radius 2 is 2.28 bits per heavy atom. The van der Waals surface area contributed by atoms with Crippen LogP contribution in [0.3, 0.4) is 0 Å². The van der Waals surface area contributed by atoms with Crippen molar-refractivity contribution in [1.29, 1.82) is 0 Å². The van der Waals surface area contributed by atoms with Gasteiger partial charge in [0.2, 0.25) is 0 Å². The van der Waals surface area contributed by atoms with Gasteiger partial charge in [-0.2, -0.15) is 0 Å². The van der Waals surface area contributed by atoms with Crippen molar-refractivity contribution in [3.63, 3.8) is 0 Å². The number of hydrogen-bond acceptors (Lipinski definition) is 5. The second kappa shape index (κ2) is 5.77. The number of aryl methyl sites for hydroxylation is 1. The predicted molar refractivity (Wildman–Crippen MR) is 78.8 cm³/mol. The third-order valence-corrected chi connectivity index (χ3v) is 4.70. The number of methoxy groups -OCH3 is 1. The number of thiophene rings is 1. The number of rotatable bonds is 3. The molecule has 3 nitrogen and oxygen atoms in total. The first-order chi connectivity index (χ1) is 8.60. The number of carbonyl (C=O) groups excluding carboxylic acids is 1. The lowest BCUT2D eigenvalue weighted by molar-refractivity contribution is -0.133. The summed E-state index contributed by atoms with van der Waals surface area (Å²) in [6.07, 6.45) is 1.81. The topological polar surface area (TPSA) is 39.2 Å². The monoisotopic (exact) mass is 343 g/mol. The summed E-state index contributed by atoms with van der Waals surface area (Å²) in [6, 6.07) is 3.89. The Bertz CT molecular complexity index is 601. The average molecular weight is 344 g/mol. The molecule has 0 spiro atoms. The van der Waals surface area contributed by atoms with Crippen LogP contribution < -0.4 is 0 Å². The first-order valence-electron chi connectivity index (χ1n) is 5.08. The second-order valence-corrected chi connectivity index (χ2v) is 6.84. The van der Waals surface area contributed by atoms with Crippen LogP contribution in [0.15, 0.2) is 21.3 Å². The molecule has 0 aliphatic carbocycles. The second-order valence-electron chi connectivity index (χ2n) is 3.49. The number of hydrogen-bond donors (Lipinski definition) is 0. The van der Waals surface area contributed by atoms with E-state index in [0.29, 0.717) is 10.6 Å². The van der Waals surface area contributed by atoms with Crippen LogP contribution in [0.25, 0.3) is 11.6 Å². The van der Waals surface area contributed by atoms with E-state index in [4.69, 9.17) is 4.74 Å². The lowest BCUT2D eigenvalue weighted by Crippen LogP contribution is -2.03. The zero-order valence-corrected chi connectivity index (χ0v) is 13.0. The molecule has 0 saturated carbocycles. The van der Waals surface area contributed by atoms with Crippen molar-refractivity contribution in [2.24, 2.45) is 0 Å². The number of nitrogens with zero attached hydrogens (tertiary/aromatic N) is 1. The fourth-order valence-electron chi connectivity index (χ4n) is 1.34. The maximum Gasteiger partial charge on any atom is 0.340 e. The maximum atomic E-state index is 11.8. The van der Waals surface area contributed by atoms with E-state index in [1.807, 2.05) is 24.4 Å². The SMILES string of the molecule is COC(=O)/C(=C\c1ccc(Br)s1)c1nc(C)cs1. The molecule has 94 valence electrons. The normalized spacial score (nSPS) is 11.6. The van der Waals surface area contributed by atoms with E-state index in [1.54, 1.807) is 17.4 Å². The molecule has 0 radical (unpaired) electrons. The standard InChI is InChI=1S/C12H10BrNO2S2/c1-7-6-17-11(14-7)9(12(15)16-2)5-8-3-4-10(13)18-8/h3-6H,1-2H3/b9-5-. The fraction of sp³-hybridized carbons (Fsp3) is 0.167. The largest absolute Gasteiger partial charge is 0.465 e. The zero-order valence-electron chi connectivity index (χ0n) is 9.77. The van der Waals surface area contributed by atoms with Crippen molar-refractivity contribution in [3.8, 4) is 0 Å². The van der Waals surface area contributed by atoms with Gasteiger partial charge in [0.25, 0.3) is 0 Å². The van der Waals surface area contributed by atoms with E-state index in [-0.39, 0.29) is 5.97 Å². The number of aromatic nitrogens is 1. The minimum absolute atomic E-state index is 0.367. The van der Waals surface area contributed by atoms with E-state index in [0.717, 1.165) is 14.4 Å². The van der Waals surface area contributed by atoms with E-state index in [9.17, 15) is 4.79 Å². The van der Waals surface area contributed by atoms with E-state index in [1.165, 1.54) is 18.4 Å². The molecular weight excluding hydrogens is 334 g/mol. The first kappa shape index (κ1) is 13.5. The summed E-state index contributed by atoms with van der Waals surface area (Å²) in [5.41, 5.74) is 1.39. The predicted octanol–water partition coefficient (Wildman–Crippen LogP) is 3.99. The Labute approximate surface area is 121 Å². The number of thiazole rings is 1. The highest BCUT2D eigenvalue weighted by Gasteiger charge is 2.16. The lowest BCUT2D eigenvalue weighted by Gasteiger charge is -2.01. The fourth-order valence-corrected chi connectivity index (χ4v) is 3.51. The van der Waals surface area contributed by atoms with Gasteiger partial charge in [0.1, 0.15) is 5.01 Å². The van der Waals surface area contributed by atoms with Crippen LogP contribution in [0.4, 0.5) is 0 Å². The van der Waals surface area contributed by atoms with E-state index in [2.05, 4.69) is 20.9 Å². The summed E-state index contributed by atoms with van der Waals surface area (Å²) in [6.45, 7) is 1.90. The maximum absolute atomic E-state index is 11.8. The minimum Gasteiger partial charge on any atom is -0.465 e. The molecule has 6 heteroatoms. The van der Waals surface area contributed by atoms with Gasteiger partial charge in [-0.25, -0.2) is 9.78 Å². The minimum atomic E-state index is -0.367. The van der Waals surface area contributed by atoms with Crippen LogP contribution in [0, 0.1) is 6.92 Å². The number of carbonyl (C=O) groups is 1. The van der Waals surface area contributed by atoms with Crippen molar-refractivity contribution in [2.45, 2.75) is 6.92 Å². The molecule has 0 N–H and O–H groups in total. The van der Waals surface area contributed by atoms with Gasteiger partial charge in [-0.15, -0.1) is 22.7 Å². The summed E-state index contributed by atoms with van der Waals surface area (Å²) in [7, 11) is 1.38. The molecule has 0 aromatic carbocycles. The Balaban J connectivity index is 2.43. The van der Waals surface area contributed by atoms with Crippen molar-refractivity contribution >= 4 is 56.2 Å². The van der Waals surface area contributed by atoms with Crippen molar-refractivity contribution in [2.75, 3.05) is 7.11 Å². The third-order valence-electron chi connectivity index (χ3n) is 2.14. The summed E-state index contributed by atoms with van der Waals surface area (Å²) >= 11 is 6.39. The summed E-state index contributed by atoms with van der Waals surface area (Å²) in [4.78, 5) is 17.1. The molecule has 2 heterocycles. The van der Waals surface area contributed by atoms with Crippen LogP contribution in [0.5, 0.6) is 0 Å². The van der Waals surface area contributed by atoms with Gasteiger partial charge in [0.15, 0.2) is 0 Å². The van der Waals surface area contributed by atoms with Gasteiger partial charge in [0.05, 0.1) is 16.5 Å². The van der Waals surface area contributed by atoms with E-state index < -0.39 is 0 Å². The zero-order chi connectivity index (χ0) is 13.1. The molecule has 2 aromatic heterocycles. The Kier molecular flexibility index (Phi) is 4.31. The lowest BCUT2D eigenvalue weighted by atomic mass is 10.2.